The number of quaternary nitrogens is 1. The highest BCUT2D eigenvalue weighted by atomic mass is 35.5. The highest BCUT2D eigenvalue weighted by Crippen LogP contribution is 2.13. The second-order valence-corrected chi connectivity index (χ2v) is 3.93. The Kier molecular flexibility index (Phi) is 10.3. The molecular weight excluding hydrogens is 237 g/mol. The Balaban J connectivity index is 0. The minimum Gasteiger partial charge on any atom is -0.321 e. The maximum Gasteiger partial charge on any atom is 0.104 e. The average molecular weight is 263 g/mol. The molecular formula is C13H26ClNP+. The number of hydrogen-bond donors (Lipinski definition) is 0. The quantitative estimate of drug-likeness (QED) is 0.562. The molecule has 0 aliphatic heterocycles. The smallest absolute Gasteiger partial charge is 0.104 e. The van der Waals surface area contributed by atoms with Gasteiger partial charge in [-0.3, -0.25) is 0 Å². The molecule has 0 amide bonds. The topological polar surface area (TPSA) is 0 Å². The summed E-state index contributed by atoms with van der Waals surface area (Å²) in [6.45, 7) is 11.7. The molecule has 16 heavy (non-hydrogen) atoms. The van der Waals surface area contributed by atoms with E-state index in [0.717, 1.165) is 0 Å². The van der Waals surface area contributed by atoms with Gasteiger partial charge < -0.3 is 4.48 Å². The lowest BCUT2D eigenvalue weighted by atomic mass is 10.2. The van der Waals surface area contributed by atoms with Crippen LogP contribution in [-0.4, -0.2) is 24.1 Å². The predicted molar refractivity (Wildman–Crippen MR) is 80.4 cm³/mol. The fraction of sp³-hybridized carbons (Fsp3) is 0.538. The molecule has 1 unspecified atom stereocenters. The molecule has 0 bridgehead atoms. The van der Waals surface area contributed by atoms with Crippen LogP contribution >= 0.6 is 22.3 Å². The lowest BCUT2D eigenvalue weighted by Crippen LogP contribution is -2.46. The van der Waals surface area contributed by atoms with Crippen molar-refractivity contribution in [3.8, 4) is 0 Å². The summed E-state index contributed by atoms with van der Waals surface area (Å²) in [5.74, 6) is 0. The van der Waals surface area contributed by atoms with Crippen molar-refractivity contribution in [1.82, 2.24) is 0 Å². The molecule has 0 heterocycles. The molecule has 0 saturated carbocycles. The van der Waals surface area contributed by atoms with Crippen molar-refractivity contribution < 1.29 is 4.48 Å². The Morgan fingerprint density at radius 2 is 1.31 bits per heavy atom. The maximum absolute atomic E-state index is 2.29. The van der Waals surface area contributed by atoms with Crippen LogP contribution in [0.15, 0.2) is 30.3 Å². The van der Waals surface area contributed by atoms with E-state index in [9.17, 15) is 0 Å². The van der Waals surface area contributed by atoms with E-state index in [2.05, 4.69) is 51.1 Å². The standard InChI is InChI=1S/C13H22N.ClH.H3P/c1-4-14(5-2,6-3)12-13-10-8-7-9-11-13;;/h7-11H,4-6,12H2,1-3H3;1H;1H3/q+1;;. The Morgan fingerprint density at radius 3 is 1.69 bits per heavy atom. The summed E-state index contributed by atoms with van der Waals surface area (Å²) < 4.78 is 1.20. The summed E-state index contributed by atoms with van der Waals surface area (Å²) in [5.41, 5.74) is 1.46. The molecule has 1 nitrogen and oxygen atoms in total. The molecule has 1 aromatic rings. The number of nitrogens with zero attached hydrogens (tertiary/aromatic N) is 1. The zero-order valence-electron chi connectivity index (χ0n) is 10.8. The molecule has 0 fully saturated rings. The minimum atomic E-state index is 0. The summed E-state index contributed by atoms with van der Waals surface area (Å²) in [6.07, 6.45) is 0. The third-order valence-electron chi connectivity index (χ3n) is 3.37. The molecule has 94 valence electrons. The minimum absolute atomic E-state index is 0. The molecule has 0 aliphatic rings. The van der Waals surface area contributed by atoms with E-state index in [0.29, 0.717) is 0 Å². The Hall–Kier alpha value is -0.100. The monoisotopic (exact) mass is 262 g/mol. The molecule has 0 spiro atoms. The third kappa shape index (κ3) is 4.82. The van der Waals surface area contributed by atoms with Crippen molar-refractivity contribution in [3.05, 3.63) is 35.9 Å². The van der Waals surface area contributed by atoms with Gasteiger partial charge >= 0.3 is 0 Å². The highest BCUT2D eigenvalue weighted by Gasteiger charge is 2.20. The van der Waals surface area contributed by atoms with Crippen molar-refractivity contribution in [2.24, 2.45) is 0 Å². The maximum atomic E-state index is 2.29. The van der Waals surface area contributed by atoms with Crippen LogP contribution in [-0.2, 0) is 6.54 Å². The Morgan fingerprint density at radius 1 is 0.875 bits per heavy atom. The van der Waals surface area contributed by atoms with Gasteiger partial charge in [0.1, 0.15) is 6.54 Å². The first kappa shape index (κ1) is 18.3. The molecule has 1 atom stereocenters. The van der Waals surface area contributed by atoms with Gasteiger partial charge in [0.15, 0.2) is 0 Å². The first-order valence-corrected chi connectivity index (χ1v) is 5.65. The van der Waals surface area contributed by atoms with Crippen molar-refractivity contribution >= 4 is 22.3 Å². The van der Waals surface area contributed by atoms with E-state index in [-0.39, 0.29) is 22.3 Å². The van der Waals surface area contributed by atoms with Crippen LogP contribution in [0.1, 0.15) is 26.3 Å². The van der Waals surface area contributed by atoms with Crippen LogP contribution in [0.5, 0.6) is 0 Å². The van der Waals surface area contributed by atoms with Gasteiger partial charge in [-0.2, -0.15) is 9.90 Å². The number of rotatable bonds is 5. The summed E-state index contributed by atoms with van der Waals surface area (Å²) in [6, 6.07) is 10.8. The second kappa shape index (κ2) is 8.98. The lowest BCUT2D eigenvalue weighted by molar-refractivity contribution is -0.936. The third-order valence-corrected chi connectivity index (χ3v) is 3.37. The van der Waals surface area contributed by atoms with Crippen LogP contribution in [0.3, 0.4) is 0 Å². The lowest BCUT2D eigenvalue weighted by Gasteiger charge is -2.35. The van der Waals surface area contributed by atoms with Crippen molar-refractivity contribution in [2.45, 2.75) is 27.3 Å². The zero-order valence-corrected chi connectivity index (χ0v) is 13.0. The van der Waals surface area contributed by atoms with Gasteiger partial charge in [-0.1, -0.05) is 30.3 Å². The van der Waals surface area contributed by atoms with Gasteiger partial charge in [0.25, 0.3) is 0 Å². The van der Waals surface area contributed by atoms with Gasteiger partial charge in [-0.25, -0.2) is 0 Å². The van der Waals surface area contributed by atoms with E-state index in [1.54, 1.807) is 0 Å². The van der Waals surface area contributed by atoms with Gasteiger partial charge in [0, 0.05) is 5.56 Å². The molecule has 0 aliphatic carbocycles. The van der Waals surface area contributed by atoms with Crippen molar-refractivity contribution in [1.29, 1.82) is 0 Å². The molecule has 0 N–H and O–H groups in total. The summed E-state index contributed by atoms with van der Waals surface area (Å²) in [7, 11) is 0. The molecule has 0 radical (unpaired) electrons. The fourth-order valence-corrected chi connectivity index (χ4v) is 1.98. The summed E-state index contributed by atoms with van der Waals surface area (Å²) in [4.78, 5) is 0. The van der Waals surface area contributed by atoms with Crippen LogP contribution in [0.2, 0.25) is 0 Å². The van der Waals surface area contributed by atoms with Crippen molar-refractivity contribution in [3.63, 3.8) is 0 Å². The summed E-state index contributed by atoms with van der Waals surface area (Å²) >= 11 is 0. The van der Waals surface area contributed by atoms with Crippen LogP contribution in [0.25, 0.3) is 0 Å². The molecule has 0 aromatic heterocycles. The first-order valence-electron chi connectivity index (χ1n) is 5.65. The Labute approximate surface area is 110 Å². The Bertz CT molecular complexity index is 252. The number of benzene rings is 1. The van der Waals surface area contributed by atoms with E-state index < -0.39 is 0 Å². The number of hydrogen-bond acceptors (Lipinski definition) is 0. The van der Waals surface area contributed by atoms with E-state index >= 15 is 0 Å². The molecule has 1 aromatic carbocycles. The largest absolute Gasteiger partial charge is 0.321 e. The predicted octanol–water partition coefficient (Wildman–Crippen LogP) is 3.54. The van der Waals surface area contributed by atoms with E-state index in [1.165, 1.54) is 36.2 Å². The van der Waals surface area contributed by atoms with Crippen LogP contribution in [0, 0.1) is 0 Å². The summed E-state index contributed by atoms with van der Waals surface area (Å²) in [5, 5.41) is 0. The molecule has 3 heteroatoms. The molecule has 0 saturated heterocycles. The van der Waals surface area contributed by atoms with E-state index in [4.69, 9.17) is 0 Å². The zero-order chi connectivity index (χ0) is 10.4. The first-order chi connectivity index (χ1) is 6.76. The van der Waals surface area contributed by atoms with Gasteiger partial charge in [-0.05, 0) is 20.8 Å². The van der Waals surface area contributed by atoms with Gasteiger partial charge in [0.05, 0.1) is 19.6 Å². The van der Waals surface area contributed by atoms with Gasteiger partial charge in [0.2, 0.25) is 0 Å². The van der Waals surface area contributed by atoms with Crippen LogP contribution in [0.4, 0.5) is 0 Å². The fourth-order valence-electron chi connectivity index (χ4n) is 1.98. The SMILES string of the molecule is CC[N+](CC)(CC)Cc1ccccc1.Cl.P. The van der Waals surface area contributed by atoms with Gasteiger partial charge in [-0.15, -0.1) is 12.4 Å². The average Bonchev–Trinajstić information content (AvgIpc) is 2.28. The van der Waals surface area contributed by atoms with E-state index in [1.807, 2.05) is 0 Å². The van der Waals surface area contributed by atoms with Crippen LogP contribution < -0.4 is 0 Å². The normalized spacial score (nSPS) is 10.2. The molecule has 1 rings (SSSR count). The highest BCUT2D eigenvalue weighted by molar-refractivity contribution is 6.92. The number of halogens is 1. The van der Waals surface area contributed by atoms with Crippen molar-refractivity contribution in [2.75, 3.05) is 19.6 Å². The second-order valence-electron chi connectivity index (χ2n) is 3.93.